The number of para-hydroxylation sites is 1. The number of benzene rings is 2. The van der Waals surface area contributed by atoms with E-state index in [-0.39, 0.29) is 27.9 Å². The van der Waals surface area contributed by atoms with Gasteiger partial charge in [-0.05, 0) is 30.3 Å². The number of carbonyl (C=O) groups is 1. The Morgan fingerprint density at radius 2 is 1.88 bits per heavy atom. The summed E-state index contributed by atoms with van der Waals surface area (Å²) < 4.78 is 25.7. The van der Waals surface area contributed by atoms with Gasteiger partial charge in [-0.1, -0.05) is 40.3 Å². The van der Waals surface area contributed by atoms with Crippen LogP contribution in [0.25, 0.3) is 0 Å². The van der Waals surface area contributed by atoms with Crippen LogP contribution in [0.15, 0.2) is 66.1 Å². The zero-order valence-corrected chi connectivity index (χ0v) is 16.0. The molecule has 6 nitrogen and oxygen atoms in total. The van der Waals surface area contributed by atoms with E-state index in [1.54, 1.807) is 18.2 Å². The second-order valence-electron chi connectivity index (χ2n) is 5.28. The Balaban J connectivity index is 2.49. The maximum atomic E-state index is 13.0. The van der Waals surface area contributed by atoms with Gasteiger partial charge in [0.2, 0.25) is 0 Å². The third kappa shape index (κ3) is 4.13. The van der Waals surface area contributed by atoms with Crippen molar-refractivity contribution in [3.8, 4) is 0 Å². The van der Waals surface area contributed by atoms with Gasteiger partial charge in [-0.2, -0.15) is 0 Å². The predicted molar refractivity (Wildman–Crippen MR) is 102 cm³/mol. The molecule has 2 aromatic rings. The Morgan fingerprint density at radius 3 is 2.46 bits per heavy atom. The summed E-state index contributed by atoms with van der Waals surface area (Å²) >= 11 is 6.04. The highest BCUT2D eigenvalue weighted by Gasteiger charge is 2.26. The highest BCUT2D eigenvalue weighted by atomic mass is 35.5. The van der Waals surface area contributed by atoms with Gasteiger partial charge in [0.15, 0.2) is 0 Å². The van der Waals surface area contributed by atoms with Crippen molar-refractivity contribution in [2.75, 3.05) is 25.6 Å². The number of halogens is 1. The molecule has 2 aromatic carbocycles. The van der Waals surface area contributed by atoms with E-state index in [1.807, 2.05) is 18.2 Å². The maximum absolute atomic E-state index is 13.0. The van der Waals surface area contributed by atoms with E-state index in [0.717, 1.165) is 0 Å². The fraction of sp³-hybridized carbons (Fsp3) is 0.167. The summed E-state index contributed by atoms with van der Waals surface area (Å²) in [6.07, 6.45) is 1.59. The van der Waals surface area contributed by atoms with Crippen LogP contribution in [0.3, 0.4) is 0 Å². The number of anilines is 1. The van der Waals surface area contributed by atoms with E-state index in [4.69, 9.17) is 16.4 Å². The SMILES string of the molecule is C=CCN(C(=O)c1ccc(Cl)c(S(=O)(=O)N(C)OC)c1)c1ccccc1. The van der Waals surface area contributed by atoms with E-state index in [0.29, 0.717) is 10.2 Å². The highest BCUT2D eigenvalue weighted by molar-refractivity contribution is 7.89. The van der Waals surface area contributed by atoms with Gasteiger partial charge in [0.25, 0.3) is 15.9 Å². The number of hydrogen-bond acceptors (Lipinski definition) is 4. The van der Waals surface area contributed by atoms with Crippen LogP contribution >= 0.6 is 11.6 Å². The molecule has 0 bridgehead atoms. The van der Waals surface area contributed by atoms with Gasteiger partial charge in [0.1, 0.15) is 4.90 Å². The average Bonchev–Trinajstić information content (AvgIpc) is 2.65. The summed E-state index contributed by atoms with van der Waals surface area (Å²) in [6.45, 7) is 3.94. The van der Waals surface area contributed by atoms with Gasteiger partial charge in [0, 0.05) is 24.8 Å². The average molecular weight is 395 g/mol. The van der Waals surface area contributed by atoms with Crippen molar-refractivity contribution in [2.24, 2.45) is 0 Å². The molecule has 0 spiro atoms. The first kappa shape index (κ1) is 20.1. The zero-order valence-electron chi connectivity index (χ0n) is 14.4. The molecular weight excluding hydrogens is 376 g/mol. The van der Waals surface area contributed by atoms with Crippen LogP contribution in [-0.2, 0) is 14.9 Å². The summed E-state index contributed by atoms with van der Waals surface area (Å²) in [5.74, 6) is -0.371. The van der Waals surface area contributed by atoms with Gasteiger partial charge in [-0.3, -0.25) is 9.63 Å². The number of hydroxylamine groups is 1. The maximum Gasteiger partial charge on any atom is 0.266 e. The van der Waals surface area contributed by atoms with Gasteiger partial charge >= 0.3 is 0 Å². The molecule has 0 atom stereocenters. The lowest BCUT2D eigenvalue weighted by atomic mass is 10.1. The van der Waals surface area contributed by atoms with Gasteiger partial charge in [-0.15, -0.1) is 6.58 Å². The lowest BCUT2D eigenvalue weighted by molar-refractivity contribution is -0.0258. The summed E-state index contributed by atoms with van der Waals surface area (Å²) in [5, 5.41) is 0.000400. The summed E-state index contributed by atoms with van der Waals surface area (Å²) in [4.78, 5) is 19.0. The summed E-state index contributed by atoms with van der Waals surface area (Å²) in [5.41, 5.74) is 0.856. The molecule has 8 heteroatoms. The fourth-order valence-corrected chi connectivity index (χ4v) is 3.74. The summed E-state index contributed by atoms with van der Waals surface area (Å²) in [6, 6.07) is 13.1. The molecule has 1 amide bonds. The number of hydrogen-bond donors (Lipinski definition) is 0. The zero-order chi connectivity index (χ0) is 19.3. The molecular formula is C18H19ClN2O4S. The first-order valence-electron chi connectivity index (χ1n) is 7.63. The number of rotatable bonds is 7. The standard InChI is InChI=1S/C18H19ClN2O4S/c1-4-12-21(15-8-6-5-7-9-15)18(22)14-10-11-16(19)17(13-14)26(23,24)20(2)25-3/h4-11,13H,1,12H2,2-3H3. The summed E-state index contributed by atoms with van der Waals surface area (Å²) in [7, 11) is -1.52. The molecule has 0 aromatic heterocycles. The molecule has 0 radical (unpaired) electrons. The molecule has 0 heterocycles. The van der Waals surface area contributed by atoms with Crippen LogP contribution < -0.4 is 4.90 Å². The number of carbonyl (C=O) groups excluding carboxylic acids is 1. The first-order chi connectivity index (χ1) is 12.3. The van der Waals surface area contributed by atoms with E-state index >= 15 is 0 Å². The molecule has 0 saturated heterocycles. The Bertz CT molecular complexity index is 901. The van der Waals surface area contributed by atoms with Crippen LogP contribution in [0.2, 0.25) is 5.02 Å². The van der Waals surface area contributed by atoms with Crippen molar-refractivity contribution >= 4 is 33.2 Å². The molecule has 0 aliphatic rings. The lowest BCUT2D eigenvalue weighted by Gasteiger charge is -2.22. The minimum atomic E-state index is -3.99. The highest BCUT2D eigenvalue weighted by Crippen LogP contribution is 2.27. The smallest absolute Gasteiger partial charge is 0.266 e. The predicted octanol–water partition coefficient (Wildman–Crippen LogP) is 3.35. The molecule has 0 unspecified atom stereocenters. The van der Waals surface area contributed by atoms with Crippen molar-refractivity contribution in [3.63, 3.8) is 0 Å². The Morgan fingerprint density at radius 1 is 1.23 bits per heavy atom. The number of nitrogens with zero attached hydrogens (tertiary/aromatic N) is 2. The van der Waals surface area contributed by atoms with Crippen LogP contribution in [0.5, 0.6) is 0 Å². The van der Waals surface area contributed by atoms with Gasteiger partial charge in [-0.25, -0.2) is 8.42 Å². The second-order valence-corrected chi connectivity index (χ2v) is 7.59. The van der Waals surface area contributed by atoms with Gasteiger partial charge < -0.3 is 4.90 Å². The Kier molecular flexibility index (Phi) is 6.55. The van der Waals surface area contributed by atoms with Crippen molar-refractivity contribution in [3.05, 3.63) is 71.8 Å². The van der Waals surface area contributed by atoms with E-state index in [1.165, 1.54) is 37.3 Å². The number of amides is 1. The molecule has 0 fully saturated rings. The quantitative estimate of drug-likeness (QED) is 0.533. The fourth-order valence-electron chi connectivity index (χ4n) is 2.27. The third-order valence-electron chi connectivity index (χ3n) is 3.68. The largest absolute Gasteiger partial charge is 0.305 e. The minimum Gasteiger partial charge on any atom is -0.305 e. The molecule has 2 rings (SSSR count). The minimum absolute atomic E-state index is 0.000400. The van der Waals surface area contributed by atoms with Crippen LogP contribution in [0.4, 0.5) is 5.69 Å². The normalized spacial score (nSPS) is 11.4. The second kappa shape index (κ2) is 8.46. The first-order valence-corrected chi connectivity index (χ1v) is 9.45. The Hall–Kier alpha value is -2.19. The number of sulfonamides is 1. The van der Waals surface area contributed by atoms with Crippen LogP contribution in [-0.4, -0.2) is 39.5 Å². The topological polar surface area (TPSA) is 66.9 Å². The molecule has 0 aliphatic heterocycles. The van der Waals surface area contributed by atoms with E-state index in [9.17, 15) is 13.2 Å². The molecule has 0 saturated carbocycles. The van der Waals surface area contributed by atoms with Crippen LogP contribution in [0.1, 0.15) is 10.4 Å². The lowest BCUT2D eigenvalue weighted by Crippen LogP contribution is -2.31. The molecule has 0 aliphatic carbocycles. The molecule has 0 N–H and O–H groups in total. The molecule has 138 valence electrons. The Labute approximate surface area is 158 Å². The van der Waals surface area contributed by atoms with Crippen LogP contribution in [0, 0.1) is 0 Å². The monoisotopic (exact) mass is 394 g/mol. The van der Waals surface area contributed by atoms with Crippen molar-refractivity contribution in [1.29, 1.82) is 0 Å². The van der Waals surface area contributed by atoms with E-state index < -0.39 is 10.0 Å². The third-order valence-corrected chi connectivity index (χ3v) is 5.84. The van der Waals surface area contributed by atoms with Crippen molar-refractivity contribution in [1.82, 2.24) is 4.47 Å². The molecule has 26 heavy (non-hydrogen) atoms. The van der Waals surface area contributed by atoms with E-state index in [2.05, 4.69) is 6.58 Å². The van der Waals surface area contributed by atoms with Gasteiger partial charge in [0.05, 0.1) is 12.1 Å². The van der Waals surface area contributed by atoms with Crippen molar-refractivity contribution in [2.45, 2.75) is 4.90 Å². The van der Waals surface area contributed by atoms with Crippen molar-refractivity contribution < 1.29 is 18.0 Å².